The van der Waals surface area contributed by atoms with Crippen LogP contribution in [0.4, 0.5) is 0 Å². The maximum Gasteiger partial charge on any atom is 0.345 e. The van der Waals surface area contributed by atoms with Crippen LogP contribution in [0.2, 0.25) is 0 Å². The molecular formula is C18H16N4O2. The molecule has 1 atom stereocenters. The Morgan fingerprint density at radius 1 is 1.17 bits per heavy atom. The monoisotopic (exact) mass is 320 g/mol. The predicted molar refractivity (Wildman–Crippen MR) is 87.8 cm³/mol. The number of hydrogen-bond acceptors (Lipinski definition) is 5. The second kappa shape index (κ2) is 5.56. The fourth-order valence-electron chi connectivity index (χ4n) is 3.27. The normalized spacial score (nSPS) is 16.2. The van der Waals surface area contributed by atoms with Crippen molar-refractivity contribution in [3.05, 3.63) is 59.2 Å². The lowest BCUT2D eigenvalue weighted by Gasteiger charge is -2.12. The summed E-state index contributed by atoms with van der Waals surface area (Å²) in [6, 6.07) is 13.5. The number of para-hydroxylation sites is 1. The number of Topliss-reactive ketones (excluding diaryl/α,β-unsaturated/α-hetero) is 1. The summed E-state index contributed by atoms with van der Waals surface area (Å²) in [7, 11) is 0. The van der Waals surface area contributed by atoms with Gasteiger partial charge in [0.2, 0.25) is 0 Å². The quantitative estimate of drug-likeness (QED) is 0.739. The highest BCUT2D eigenvalue weighted by atomic mass is 16.5. The summed E-state index contributed by atoms with van der Waals surface area (Å²) >= 11 is 0. The van der Waals surface area contributed by atoms with Gasteiger partial charge in [0.05, 0.1) is 11.3 Å². The lowest BCUT2D eigenvalue weighted by atomic mass is 9.98. The molecule has 24 heavy (non-hydrogen) atoms. The minimum absolute atomic E-state index is 0.106. The first-order chi connectivity index (χ1) is 11.6. The van der Waals surface area contributed by atoms with E-state index in [2.05, 4.69) is 22.4 Å². The Morgan fingerprint density at radius 2 is 1.96 bits per heavy atom. The van der Waals surface area contributed by atoms with Gasteiger partial charge in [0.1, 0.15) is 5.75 Å². The van der Waals surface area contributed by atoms with Crippen molar-refractivity contribution in [3.8, 4) is 17.4 Å². The van der Waals surface area contributed by atoms with Crippen LogP contribution in [0.3, 0.4) is 0 Å². The molecule has 6 heteroatoms. The second-order valence-corrected chi connectivity index (χ2v) is 6.01. The van der Waals surface area contributed by atoms with Crippen molar-refractivity contribution in [2.45, 2.75) is 26.2 Å². The third kappa shape index (κ3) is 2.27. The number of tetrazole rings is 1. The number of carbonyl (C=O) groups is 1. The summed E-state index contributed by atoms with van der Waals surface area (Å²) < 4.78 is 7.44. The fourth-order valence-corrected chi connectivity index (χ4v) is 3.27. The van der Waals surface area contributed by atoms with Gasteiger partial charge in [-0.2, -0.15) is 4.68 Å². The number of aromatic nitrogens is 4. The number of rotatable bonds is 3. The highest BCUT2D eigenvalue weighted by molar-refractivity contribution is 6.04. The van der Waals surface area contributed by atoms with E-state index >= 15 is 0 Å². The van der Waals surface area contributed by atoms with Gasteiger partial charge in [-0.15, -0.1) is 0 Å². The van der Waals surface area contributed by atoms with E-state index in [4.69, 9.17) is 4.74 Å². The zero-order valence-corrected chi connectivity index (χ0v) is 13.4. The molecule has 0 saturated carbocycles. The van der Waals surface area contributed by atoms with Crippen molar-refractivity contribution in [1.82, 2.24) is 20.2 Å². The van der Waals surface area contributed by atoms with E-state index in [0.717, 1.165) is 16.8 Å². The minimum atomic E-state index is 0.106. The molecule has 6 nitrogen and oxygen atoms in total. The van der Waals surface area contributed by atoms with Gasteiger partial charge in [0.15, 0.2) is 5.78 Å². The van der Waals surface area contributed by atoms with E-state index in [0.29, 0.717) is 17.7 Å². The van der Waals surface area contributed by atoms with Gasteiger partial charge in [0.25, 0.3) is 0 Å². The van der Waals surface area contributed by atoms with Crippen molar-refractivity contribution < 1.29 is 9.53 Å². The summed E-state index contributed by atoms with van der Waals surface area (Å²) in [5.74, 6) is 0.827. The van der Waals surface area contributed by atoms with Gasteiger partial charge in [-0.25, -0.2) is 0 Å². The molecular weight excluding hydrogens is 304 g/mol. The molecule has 0 radical (unpaired) electrons. The van der Waals surface area contributed by atoms with Crippen LogP contribution in [0, 0.1) is 6.92 Å². The lowest BCUT2D eigenvalue weighted by molar-refractivity contribution is 0.0988. The van der Waals surface area contributed by atoms with Crippen LogP contribution < -0.4 is 4.74 Å². The SMILES string of the molecule is Cc1ccc(Oc2nnnn2-c2ccccc2)c2c1[C@@H](C)CC2=O. The van der Waals surface area contributed by atoms with Crippen molar-refractivity contribution >= 4 is 5.78 Å². The molecule has 120 valence electrons. The van der Waals surface area contributed by atoms with Gasteiger partial charge in [0, 0.05) is 6.42 Å². The molecule has 1 aromatic heterocycles. The summed E-state index contributed by atoms with van der Waals surface area (Å²) in [5, 5.41) is 11.6. The Labute approximate surface area is 139 Å². The Bertz CT molecular complexity index is 918. The van der Waals surface area contributed by atoms with Crippen LogP contribution >= 0.6 is 0 Å². The summed E-state index contributed by atoms with van der Waals surface area (Å²) in [5.41, 5.74) is 3.63. The Balaban J connectivity index is 1.77. The zero-order chi connectivity index (χ0) is 16.7. The lowest BCUT2D eigenvalue weighted by Crippen LogP contribution is -2.03. The first-order valence-corrected chi connectivity index (χ1v) is 7.83. The highest BCUT2D eigenvalue weighted by Gasteiger charge is 2.31. The first-order valence-electron chi connectivity index (χ1n) is 7.83. The van der Waals surface area contributed by atoms with E-state index in [1.165, 1.54) is 4.68 Å². The molecule has 0 saturated heterocycles. The molecule has 0 aliphatic heterocycles. The molecule has 1 aliphatic rings. The fraction of sp³-hybridized carbons (Fsp3) is 0.222. The number of fused-ring (bicyclic) bond motifs is 1. The molecule has 3 aromatic rings. The Hall–Kier alpha value is -3.02. The van der Waals surface area contributed by atoms with Crippen molar-refractivity contribution in [1.29, 1.82) is 0 Å². The second-order valence-electron chi connectivity index (χ2n) is 6.01. The number of ether oxygens (including phenoxy) is 1. The molecule has 1 heterocycles. The highest BCUT2D eigenvalue weighted by Crippen LogP contribution is 2.41. The Morgan fingerprint density at radius 3 is 2.75 bits per heavy atom. The van der Waals surface area contributed by atoms with Crippen LogP contribution in [-0.4, -0.2) is 26.0 Å². The summed E-state index contributed by atoms with van der Waals surface area (Å²) in [6.45, 7) is 4.08. The van der Waals surface area contributed by atoms with Crippen molar-refractivity contribution in [2.24, 2.45) is 0 Å². The van der Waals surface area contributed by atoms with E-state index in [9.17, 15) is 4.79 Å². The smallest absolute Gasteiger partial charge is 0.345 e. The molecule has 4 rings (SSSR count). The van der Waals surface area contributed by atoms with Crippen LogP contribution in [0.1, 0.15) is 40.7 Å². The van der Waals surface area contributed by atoms with E-state index in [1.807, 2.05) is 49.4 Å². The maximum atomic E-state index is 12.4. The van der Waals surface area contributed by atoms with E-state index in [-0.39, 0.29) is 17.7 Å². The van der Waals surface area contributed by atoms with Crippen LogP contribution in [-0.2, 0) is 0 Å². The van der Waals surface area contributed by atoms with Gasteiger partial charge in [-0.05, 0) is 52.6 Å². The number of hydrogen-bond donors (Lipinski definition) is 0. The predicted octanol–water partition coefficient (Wildman–Crippen LogP) is 3.45. The molecule has 0 bridgehead atoms. The van der Waals surface area contributed by atoms with Gasteiger partial charge in [-0.3, -0.25) is 4.79 Å². The molecule has 0 amide bonds. The average Bonchev–Trinajstić information content (AvgIpc) is 3.16. The number of benzene rings is 2. The van der Waals surface area contributed by atoms with E-state index < -0.39 is 0 Å². The van der Waals surface area contributed by atoms with Gasteiger partial charge in [-0.1, -0.05) is 36.3 Å². The third-order valence-electron chi connectivity index (χ3n) is 4.33. The van der Waals surface area contributed by atoms with Crippen LogP contribution in [0.15, 0.2) is 42.5 Å². The molecule has 0 spiro atoms. The zero-order valence-electron chi connectivity index (χ0n) is 13.4. The number of ketones is 1. The minimum Gasteiger partial charge on any atom is -0.422 e. The summed E-state index contributed by atoms with van der Waals surface area (Å²) in [4.78, 5) is 12.4. The number of nitrogens with zero attached hydrogens (tertiary/aromatic N) is 4. The Kier molecular flexibility index (Phi) is 3.37. The van der Waals surface area contributed by atoms with Gasteiger partial charge < -0.3 is 4.74 Å². The van der Waals surface area contributed by atoms with Gasteiger partial charge >= 0.3 is 6.01 Å². The first kappa shape index (κ1) is 14.6. The molecule has 0 fully saturated rings. The number of aryl methyl sites for hydroxylation is 1. The van der Waals surface area contributed by atoms with E-state index in [1.54, 1.807) is 0 Å². The topological polar surface area (TPSA) is 69.9 Å². The molecule has 0 unspecified atom stereocenters. The molecule has 0 N–H and O–H groups in total. The molecule has 1 aliphatic carbocycles. The molecule has 2 aromatic carbocycles. The largest absolute Gasteiger partial charge is 0.422 e. The van der Waals surface area contributed by atoms with Crippen LogP contribution in [0.5, 0.6) is 11.8 Å². The third-order valence-corrected chi connectivity index (χ3v) is 4.33. The standard InChI is InChI=1S/C18H16N4O2/c1-11-8-9-15(17-14(23)10-12(2)16(11)17)24-18-19-20-21-22(18)13-6-4-3-5-7-13/h3-9,12H,10H2,1-2H3/t12-/m0/s1. The summed E-state index contributed by atoms with van der Waals surface area (Å²) in [6.07, 6.45) is 0.514. The van der Waals surface area contributed by atoms with Crippen molar-refractivity contribution in [3.63, 3.8) is 0 Å². The van der Waals surface area contributed by atoms with Crippen LogP contribution in [0.25, 0.3) is 5.69 Å². The maximum absolute atomic E-state index is 12.4. The van der Waals surface area contributed by atoms with Crippen molar-refractivity contribution in [2.75, 3.05) is 0 Å². The number of carbonyl (C=O) groups excluding carboxylic acids is 1. The average molecular weight is 320 g/mol.